The highest BCUT2D eigenvalue weighted by atomic mass is 35.5. The molecule has 0 bridgehead atoms. The number of ether oxygens (including phenoxy) is 2. The maximum Gasteiger partial charge on any atom is 0.247 e. The molecule has 0 spiro atoms. The summed E-state index contributed by atoms with van der Waals surface area (Å²) in [6.07, 6.45) is 2.53. The van der Waals surface area contributed by atoms with E-state index >= 15 is 4.39 Å². The van der Waals surface area contributed by atoms with Gasteiger partial charge in [-0.05, 0) is 49.3 Å². The molecule has 182 valence electrons. The number of hydrogen-bond donors (Lipinski definition) is 3. The molecule has 0 saturated heterocycles. The zero-order chi connectivity index (χ0) is 25.7. The van der Waals surface area contributed by atoms with Crippen LogP contribution in [0.4, 0.5) is 21.6 Å². The minimum Gasteiger partial charge on any atom is -0.504 e. The number of methoxy groups -OCH3 is 2. The first kappa shape index (κ1) is 25.6. The van der Waals surface area contributed by atoms with E-state index in [2.05, 4.69) is 22.2 Å². The molecule has 3 aromatic rings. The number of allylic oxidation sites excluding steroid dienone is 1. The SMILES string of the molecule is C=CC(=O)Nc1cccc(C)c1Nc1ccc(/C(F)=C(\C)c2c(O)c(OC)cc(OC)c2Cl)cn1. The number of nitrogens with zero attached hydrogens (tertiary/aromatic N) is 1. The van der Waals surface area contributed by atoms with Crippen LogP contribution < -0.4 is 20.1 Å². The third kappa shape index (κ3) is 5.38. The van der Waals surface area contributed by atoms with E-state index in [1.807, 2.05) is 19.1 Å². The molecule has 0 saturated carbocycles. The van der Waals surface area contributed by atoms with Crippen molar-refractivity contribution < 1.29 is 23.8 Å². The molecule has 1 heterocycles. The van der Waals surface area contributed by atoms with Gasteiger partial charge in [-0.1, -0.05) is 30.3 Å². The molecular weight excluding hydrogens is 473 g/mol. The second kappa shape index (κ2) is 10.9. The minimum atomic E-state index is -0.633. The number of anilines is 3. The van der Waals surface area contributed by atoms with Gasteiger partial charge in [0.15, 0.2) is 11.5 Å². The van der Waals surface area contributed by atoms with E-state index < -0.39 is 5.83 Å². The van der Waals surface area contributed by atoms with Crippen molar-refractivity contribution in [2.45, 2.75) is 13.8 Å². The summed E-state index contributed by atoms with van der Waals surface area (Å²) in [5.41, 5.74) is 2.40. The summed E-state index contributed by atoms with van der Waals surface area (Å²) in [5.74, 6) is -0.508. The lowest BCUT2D eigenvalue weighted by Gasteiger charge is -2.16. The Kier molecular flexibility index (Phi) is 7.98. The van der Waals surface area contributed by atoms with Gasteiger partial charge in [0.2, 0.25) is 5.91 Å². The standard InChI is InChI=1S/C26H25ClFN3O4/c1-6-21(32)30-17-9-7-8-14(2)25(17)31-20-11-10-16(13-29-20)24(28)15(3)22-23(27)18(34-4)12-19(35-5)26(22)33/h6-13,33H,1H2,2-5H3,(H,29,31)(H,30,32)/b24-15-. The van der Waals surface area contributed by atoms with Crippen molar-refractivity contribution >= 4 is 46.1 Å². The van der Waals surface area contributed by atoms with Crippen LogP contribution in [0.5, 0.6) is 17.2 Å². The lowest BCUT2D eigenvalue weighted by atomic mass is 10.0. The molecule has 7 nitrogen and oxygen atoms in total. The van der Waals surface area contributed by atoms with E-state index in [1.165, 1.54) is 45.5 Å². The number of phenols is 1. The molecule has 9 heteroatoms. The van der Waals surface area contributed by atoms with Crippen molar-refractivity contribution in [1.82, 2.24) is 4.98 Å². The number of hydrogen-bond acceptors (Lipinski definition) is 6. The molecule has 0 fully saturated rings. The Morgan fingerprint density at radius 1 is 1.20 bits per heavy atom. The number of aryl methyl sites for hydroxylation is 1. The molecule has 0 aliphatic carbocycles. The first-order chi connectivity index (χ1) is 16.7. The van der Waals surface area contributed by atoms with Gasteiger partial charge in [0.1, 0.15) is 17.4 Å². The Balaban J connectivity index is 1.96. The summed E-state index contributed by atoms with van der Waals surface area (Å²) < 4.78 is 25.8. The van der Waals surface area contributed by atoms with Crippen LogP contribution in [0.3, 0.4) is 0 Å². The summed E-state index contributed by atoms with van der Waals surface area (Å²) in [6.45, 7) is 6.83. The zero-order valence-electron chi connectivity index (χ0n) is 19.7. The van der Waals surface area contributed by atoms with Crippen molar-refractivity contribution in [3.8, 4) is 17.2 Å². The molecule has 3 N–H and O–H groups in total. The molecule has 1 amide bonds. The van der Waals surface area contributed by atoms with Gasteiger partial charge in [0, 0.05) is 23.4 Å². The highest BCUT2D eigenvalue weighted by molar-refractivity contribution is 6.34. The third-order valence-corrected chi connectivity index (χ3v) is 5.67. The molecule has 0 radical (unpaired) electrons. The van der Waals surface area contributed by atoms with Gasteiger partial charge in [-0.15, -0.1) is 0 Å². The van der Waals surface area contributed by atoms with Gasteiger partial charge in [0.05, 0.1) is 30.6 Å². The number of pyridine rings is 1. The predicted octanol–water partition coefficient (Wildman–Crippen LogP) is 6.49. The minimum absolute atomic E-state index is 0.0540. The van der Waals surface area contributed by atoms with E-state index in [-0.39, 0.29) is 44.9 Å². The van der Waals surface area contributed by atoms with Crippen LogP contribution in [-0.2, 0) is 4.79 Å². The number of halogens is 2. The topological polar surface area (TPSA) is 92.7 Å². The summed E-state index contributed by atoms with van der Waals surface area (Å²) in [6, 6.07) is 10.00. The Morgan fingerprint density at radius 2 is 1.91 bits per heavy atom. The van der Waals surface area contributed by atoms with Crippen molar-refractivity contribution in [3.05, 3.63) is 77.0 Å². The number of phenolic OH excluding ortho intramolecular Hbond substituents is 1. The maximum absolute atomic E-state index is 15.4. The Bertz CT molecular complexity index is 1280. The number of carbonyl (C=O) groups excluding carboxylic acids is 1. The number of rotatable bonds is 8. The van der Waals surface area contributed by atoms with Crippen molar-refractivity contribution in [3.63, 3.8) is 0 Å². The second-order valence-electron chi connectivity index (χ2n) is 7.51. The smallest absolute Gasteiger partial charge is 0.247 e. The van der Waals surface area contributed by atoms with E-state index in [9.17, 15) is 9.90 Å². The molecule has 0 aliphatic rings. The van der Waals surface area contributed by atoms with E-state index in [0.29, 0.717) is 17.2 Å². The van der Waals surface area contributed by atoms with Gasteiger partial charge >= 0.3 is 0 Å². The number of para-hydroxylation sites is 1. The van der Waals surface area contributed by atoms with Gasteiger partial charge in [-0.3, -0.25) is 4.79 Å². The van der Waals surface area contributed by atoms with Crippen molar-refractivity contribution in [2.75, 3.05) is 24.9 Å². The molecule has 0 atom stereocenters. The fourth-order valence-electron chi connectivity index (χ4n) is 3.42. The summed E-state index contributed by atoms with van der Waals surface area (Å²) in [4.78, 5) is 16.1. The van der Waals surface area contributed by atoms with Crippen molar-refractivity contribution in [2.24, 2.45) is 0 Å². The van der Waals surface area contributed by atoms with Crippen LogP contribution >= 0.6 is 11.6 Å². The van der Waals surface area contributed by atoms with Crippen LogP contribution in [0.1, 0.15) is 23.6 Å². The van der Waals surface area contributed by atoms with Gasteiger partial charge in [0.25, 0.3) is 0 Å². The van der Waals surface area contributed by atoms with E-state index in [1.54, 1.807) is 12.1 Å². The zero-order valence-corrected chi connectivity index (χ0v) is 20.5. The average molecular weight is 498 g/mol. The molecule has 2 aromatic carbocycles. The van der Waals surface area contributed by atoms with Gasteiger partial charge in [-0.25, -0.2) is 9.37 Å². The number of amides is 1. The van der Waals surface area contributed by atoms with Crippen LogP contribution in [0.15, 0.2) is 55.3 Å². The average Bonchev–Trinajstić information content (AvgIpc) is 2.86. The van der Waals surface area contributed by atoms with Crippen LogP contribution in [0, 0.1) is 6.92 Å². The number of benzene rings is 2. The lowest BCUT2D eigenvalue weighted by Crippen LogP contribution is -2.10. The number of aromatic nitrogens is 1. The summed E-state index contributed by atoms with van der Waals surface area (Å²) in [5, 5.41) is 16.5. The number of carbonyl (C=O) groups is 1. The first-order valence-corrected chi connectivity index (χ1v) is 10.9. The normalized spacial score (nSPS) is 11.4. The van der Waals surface area contributed by atoms with Gasteiger partial charge < -0.3 is 25.2 Å². The molecule has 35 heavy (non-hydrogen) atoms. The second-order valence-corrected chi connectivity index (χ2v) is 7.88. The fraction of sp³-hybridized carbons (Fsp3) is 0.154. The highest BCUT2D eigenvalue weighted by Crippen LogP contribution is 2.46. The Hall–Kier alpha value is -4.04. The van der Waals surface area contributed by atoms with Crippen molar-refractivity contribution in [1.29, 1.82) is 0 Å². The Morgan fingerprint density at radius 3 is 2.51 bits per heavy atom. The van der Waals surface area contributed by atoms with Crippen LogP contribution in [0.25, 0.3) is 11.4 Å². The third-order valence-electron chi connectivity index (χ3n) is 5.30. The molecule has 0 aliphatic heterocycles. The summed E-state index contributed by atoms with van der Waals surface area (Å²) >= 11 is 6.36. The van der Waals surface area contributed by atoms with Gasteiger partial charge in [-0.2, -0.15) is 0 Å². The Labute approximate surface area is 207 Å². The van der Waals surface area contributed by atoms with Crippen LogP contribution in [-0.4, -0.2) is 30.2 Å². The number of aromatic hydroxyl groups is 1. The first-order valence-electron chi connectivity index (χ1n) is 10.5. The number of nitrogens with one attached hydrogen (secondary N) is 2. The largest absolute Gasteiger partial charge is 0.504 e. The molecular formula is C26H25ClFN3O4. The fourth-order valence-corrected chi connectivity index (χ4v) is 3.78. The monoisotopic (exact) mass is 497 g/mol. The molecule has 3 rings (SSSR count). The van der Waals surface area contributed by atoms with E-state index in [4.69, 9.17) is 21.1 Å². The maximum atomic E-state index is 15.4. The molecule has 0 unspecified atom stereocenters. The van der Waals surface area contributed by atoms with E-state index in [0.717, 1.165) is 5.56 Å². The summed E-state index contributed by atoms with van der Waals surface area (Å²) in [7, 11) is 2.79. The lowest BCUT2D eigenvalue weighted by molar-refractivity contribution is -0.111. The quantitative estimate of drug-likeness (QED) is 0.308. The van der Waals surface area contributed by atoms with Crippen LogP contribution in [0.2, 0.25) is 5.02 Å². The predicted molar refractivity (Wildman–Crippen MR) is 137 cm³/mol. The highest BCUT2D eigenvalue weighted by Gasteiger charge is 2.22. The molecule has 1 aromatic heterocycles.